The third-order valence-corrected chi connectivity index (χ3v) is 66.2. The van der Waals surface area contributed by atoms with E-state index in [-0.39, 0.29) is 27.9 Å². The van der Waals surface area contributed by atoms with Crippen molar-refractivity contribution < 1.29 is 8.42 Å². The van der Waals surface area contributed by atoms with Crippen LogP contribution in [0.3, 0.4) is 0 Å². The van der Waals surface area contributed by atoms with E-state index in [2.05, 4.69) is 105 Å². The van der Waals surface area contributed by atoms with Crippen LogP contribution in [-0.4, -0.2) is 15.0 Å². The molecule has 18 heteroatoms. The predicted molar refractivity (Wildman–Crippen MR) is 293 cm³/mol. The predicted octanol–water partition coefficient (Wildman–Crippen LogP) is 19.4. The normalized spacial score (nSPS) is 14.1. The van der Waals surface area contributed by atoms with Crippen molar-refractivity contribution in [1.82, 2.24) is 0 Å². The average Bonchev–Trinajstić information content (AvgIpc) is 3.95. The van der Waals surface area contributed by atoms with Crippen molar-refractivity contribution in [2.24, 2.45) is 5.92 Å². The van der Waals surface area contributed by atoms with Gasteiger partial charge in [0.1, 0.15) is 4.90 Å². The molecule has 0 saturated heterocycles. The third-order valence-electron chi connectivity index (χ3n) is 9.88. The van der Waals surface area contributed by atoms with Crippen LogP contribution in [0.25, 0.3) is 29.3 Å². The van der Waals surface area contributed by atoms with Crippen LogP contribution in [0.5, 0.6) is 0 Å². The van der Waals surface area contributed by atoms with Gasteiger partial charge in [0.15, 0.2) is 0 Å². The summed E-state index contributed by atoms with van der Waals surface area (Å²) in [7, 11) is 14.1. The first-order chi connectivity index (χ1) is 26.8. The Morgan fingerprint density at radius 3 is 1.54 bits per heavy atom. The summed E-state index contributed by atoms with van der Waals surface area (Å²) >= 11 is 7.04. The largest absolute Gasteiger partial charge is 0.265 e. The molecule has 5 rings (SSSR count). The van der Waals surface area contributed by atoms with Gasteiger partial charge in [-0.15, -0.1) is 98.9 Å². The molecule has 0 aromatic carbocycles. The van der Waals surface area contributed by atoms with Crippen LogP contribution in [0.15, 0.2) is 41.3 Å². The number of thiophene rings is 4. The molecule has 3 nitrogen and oxygen atoms in total. The Kier molecular flexibility index (Phi) is 24.4. The van der Waals surface area contributed by atoms with Gasteiger partial charge in [-0.25, -0.2) is 8.42 Å². The van der Waals surface area contributed by atoms with Crippen molar-refractivity contribution in [2.45, 2.75) is 135 Å². The van der Waals surface area contributed by atoms with Crippen molar-refractivity contribution in [3.8, 4) is 29.3 Å². The van der Waals surface area contributed by atoms with E-state index in [1.807, 2.05) is 40.0 Å². The van der Waals surface area contributed by atoms with E-state index in [9.17, 15) is 8.42 Å². The quantitative estimate of drug-likeness (QED) is 0.0548. The average molecular weight is 1040 g/mol. The van der Waals surface area contributed by atoms with Gasteiger partial charge in [0.05, 0.1) is 15.4 Å². The number of nitrogens with zero attached hydrogens (tertiary/aromatic N) is 1. The van der Waals surface area contributed by atoms with Gasteiger partial charge in [-0.3, -0.25) is 4.31 Å². The molecule has 1 aliphatic rings. The van der Waals surface area contributed by atoms with Gasteiger partial charge in [0.25, 0.3) is 10.0 Å². The van der Waals surface area contributed by atoms with E-state index in [0.717, 1.165) is 33.2 Å². The monoisotopic (exact) mass is 1040 g/mol. The van der Waals surface area contributed by atoms with E-state index in [1.165, 1.54) is 114 Å². The van der Waals surface area contributed by atoms with Crippen LogP contribution in [0.2, 0.25) is 0 Å². The maximum atomic E-state index is 14.3. The Hall–Kier alpha value is 2.85. The smallest absolute Gasteiger partial charge is 0.264 e. The van der Waals surface area contributed by atoms with Gasteiger partial charge >= 0.3 is 0 Å². The summed E-state index contributed by atoms with van der Waals surface area (Å²) in [5.74, 6) is 0.383. The minimum absolute atomic E-state index is 0.130. The molecular formula is C38H65NO2P10S5. The zero-order chi connectivity index (χ0) is 40.8. The molecule has 0 spiro atoms. The molecule has 4 aromatic heterocycles. The number of anilines is 1. The molecule has 0 saturated carbocycles. The molecule has 7 unspecified atom stereocenters. The van der Waals surface area contributed by atoms with E-state index in [4.69, 9.17) is 0 Å². The number of hydrogen-bond donors (Lipinski definition) is 0. The topological polar surface area (TPSA) is 37.4 Å². The highest BCUT2D eigenvalue weighted by Gasteiger charge is 2.39. The summed E-state index contributed by atoms with van der Waals surface area (Å²) in [5.41, 5.74) is 0.903. The molecule has 0 N–H and O–H groups in total. The zero-order valence-corrected chi connectivity index (χ0v) is 48.2. The number of rotatable bonds is 23. The summed E-state index contributed by atoms with van der Waals surface area (Å²) in [5, 5.41) is 0. The summed E-state index contributed by atoms with van der Waals surface area (Å²) in [4.78, 5) is 9.92. The first kappa shape index (κ1) is 51.5. The third kappa shape index (κ3) is 15.5. The van der Waals surface area contributed by atoms with Crippen molar-refractivity contribution in [3.05, 3.63) is 46.2 Å². The highest BCUT2D eigenvalue weighted by molar-refractivity contribution is 9.16. The fraction of sp³-hybridized carbons (Fsp3) is 0.579. The standard InChI is InChI=1S/C38H53NO2S5.H12P10/c1-5-7-9-11-13-14-16-18-20-30(19-17-15-12-10-8-6-2)27-39-31-26-35(34-24-23-33(44-34)32-22-21-28(3)42-32)45-37(31)38-36(46(39,40)41)25-29(4)43-38;1-7(2)10(8(3)4)9(5)6/h21-26,30H,5-20,27H2,1-4H3;1-6H2. The summed E-state index contributed by atoms with van der Waals surface area (Å²) in [6, 6.07) is 12.9. The Balaban J connectivity index is 0.000000613. The van der Waals surface area contributed by atoms with Crippen LogP contribution >= 0.6 is 127 Å². The lowest BCUT2D eigenvalue weighted by Crippen LogP contribution is -2.37. The first-order valence-electron chi connectivity index (χ1n) is 19.9. The summed E-state index contributed by atoms with van der Waals surface area (Å²) in [6.07, 6.45) is 20.3. The molecule has 0 bridgehead atoms. The molecule has 0 amide bonds. The molecule has 7 atom stereocenters. The Bertz CT molecular complexity index is 1840. The van der Waals surface area contributed by atoms with Crippen LogP contribution in [0.4, 0.5) is 5.69 Å². The highest BCUT2D eigenvalue weighted by atomic mass is 33.2. The summed E-state index contributed by atoms with van der Waals surface area (Å²) < 4.78 is 30.5. The molecule has 0 aliphatic carbocycles. The van der Waals surface area contributed by atoms with Crippen molar-refractivity contribution in [2.75, 3.05) is 10.8 Å². The number of aryl methyl sites for hydroxylation is 2. The zero-order valence-electron chi connectivity index (χ0n) is 33.6. The van der Waals surface area contributed by atoms with Gasteiger partial charge in [0, 0.05) is 35.8 Å². The Labute approximate surface area is 375 Å². The molecule has 0 radical (unpaired) electrons. The second-order valence-corrected chi connectivity index (χ2v) is 57.7. The van der Waals surface area contributed by atoms with Crippen molar-refractivity contribution >= 4 is 143 Å². The van der Waals surface area contributed by atoms with Crippen molar-refractivity contribution in [3.63, 3.8) is 0 Å². The SMILES string of the molecule is CCCCCCCCCCC(CCCCCCCC)CN1c2cc(-c3ccc(-c4ccc(C)s4)s3)sc2-c2sc(C)cc2S1(=O)=O.PP(P)P(P(P)P)P(P)P. The Morgan fingerprint density at radius 1 is 0.571 bits per heavy atom. The summed E-state index contributed by atoms with van der Waals surface area (Å²) in [6.45, 7) is 9.95. The molecule has 4 aromatic rings. The van der Waals surface area contributed by atoms with Crippen LogP contribution in [0, 0.1) is 19.8 Å². The first-order valence-corrected chi connectivity index (χ1v) is 41.8. The van der Waals surface area contributed by atoms with Gasteiger partial charge < -0.3 is 0 Å². The number of hydrogen-bond acceptors (Lipinski definition) is 6. The number of unbranched alkanes of at least 4 members (excludes halogenated alkanes) is 12. The minimum Gasteiger partial charge on any atom is -0.264 e. The van der Waals surface area contributed by atoms with E-state index in [1.54, 1.807) is 22.7 Å². The van der Waals surface area contributed by atoms with Gasteiger partial charge in [-0.2, -0.15) is 0 Å². The maximum absolute atomic E-state index is 14.3. The lowest BCUT2D eigenvalue weighted by Gasteiger charge is -2.32. The second kappa shape index (κ2) is 26.6. The molecular weight excluding hydrogens is 972 g/mol. The van der Waals surface area contributed by atoms with E-state index in [0.29, 0.717) is 17.4 Å². The van der Waals surface area contributed by atoms with E-state index >= 15 is 0 Å². The maximum Gasteiger partial charge on any atom is 0.265 e. The van der Waals surface area contributed by atoms with E-state index < -0.39 is 10.0 Å². The second-order valence-electron chi connectivity index (χ2n) is 14.6. The number of fused-ring (bicyclic) bond motifs is 3. The lowest BCUT2D eigenvalue weighted by atomic mass is 9.93. The van der Waals surface area contributed by atoms with Crippen LogP contribution < -0.4 is 4.31 Å². The molecule has 56 heavy (non-hydrogen) atoms. The van der Waals surface area contributed by atoms with Crippen molar-refractivity contribution in [1.29, 1.82) is 0 Å². The fourth-order valence-corrected chi connectivity index (χ4v) is 100. The minimum atomic E-state index is -3.61. The molecule has 5 heterocycles. The van der Waals surface area contributed by atoms with Gasteiger partial charge in [0.2, 0.25) is 0 Å². The number of sulfonamides is 1. The molecule has 0 fully saturated rings. The molecule has 314 valence electrons. The van der Waals surface area contributed by atoms with Crippen LogP contribution in [0.1, 0.15) is 126 Å². The molecule has 1 aliphatic heterocycles. The van der Waals surface area contributed by atoms with Crippen LogP contribution in [-0.2, 0) is 10.0 Å². The lowest BCUT2D eigenvalue weighted by molar-refractivity contribution is 0.409. The van der Waals surface area contributed by atoms with Gasteiger partial charge in [-0.1, -0.05) is 104 Å². The van der Waals surface area contributed by atoms with Gasteiger partial charge in [-0.05, 0) is 97.0 Å². The highest BCUT2D eigenvalue weighted by Crippen LogP contribution is 3.10. The Morgan fingerprint density at radius 2 is 1.05 bits per heavy atom. The fourth-order valence-electron chi connectivity index (χ4n) is 7.01.